The van der Waals surface area contributed by atoms with Crippen LogP contribution in [-0.4, -0.2) is 10.1 Å². The van der Waals surface area contributed by atoms with Gasteiger partial charge in [0.05, 0.1) is 14.5 Å². The van der Waals surface area contributed by atoms with Gasteiger partial charge < -0.3 is 10.3 Å². The summed E-state index contributed by atoms with van der Waals surface area (Å²) >= 11 is 3.91. The summed E-state index contributed by atoms with van der Waals surface area (Å²) in [6.07, 6.45) is 0. The van der Waals surface area contributed by atoms with Gasteiger partial charge in [0.15, 0.2) is 5.82 Å². The summed E-state index contributed by atoms with van der Waals surface area (Å²) < 4.78 is 6.39. The van der Waals surface area contributed by atoms with Crippen molar-refractivity contribution in [3.05, 3.63) is 20.2 Å². The van der Waals surface area contributed by atoms with E-state index in [1.54, 1.807) is 11.3 Å². The summed E-state index contributed by atoms with van der Waals surface area (Å²) in [6.45, 7) is 4.07. The lowest BCUT2D eigenvalue weighted by atomic mass is 10.1. The zero-order valence-electron chi connectivity index (χ0n) is 8.98. The first kappa shape index (κ1) is 12.0. The second-order valence-corrected chi connectivity index (χ2v) is 6.67. The highest BCUT2D eigenvalue weighted by Gasteiger charge is 2.18. The number of halogens is 1. The minimum atomic E-state index is -0.171. The fraction of sp³-hybridized carbons (Fsp3) is 0.400. The third-order valence-electron chi connectivity index (χ3n) is 2.27. The zero-order chi connectivity index (χ0) is 11.7. The van der Waals surface area contributed by atoms with E-state index in [4.69, 9.17) is 10.3 Å². The van der Waals surface area contributed by atoms with Crippen LogP contribution in [0.15, 0.2) is 16.0 Å². The molecule has 2 rings (SSSR count). The van der Waals surface area contributed by atoms with Crippen LogP contribution in [0, 0.1) is 8.80 Å². The summed E-state index contributed by atoms with van der Waals surface area (Å²) in [5.74, 6) is 1.42. The highest BCUT2D eigenvalue weighted by Crippen LogP contribution is 2.26. The molecule has 86 valence electrons. The normalized spacial score (nSPS) is 13.3. The number of thiophene rings is 1. The Morgan fingerprint density at radius 2 is 2.25 bits per heavy atom. The molecule has 0 radical (unpaired) electrons. The maximum Gasteiger partial charge on any atom is 0.258 e. The number of nitrogens with two attached hydrogens (primary N) is 1. The third kappa shape index (κ3) is 2.44. The van der Waals surface area contributed by atoms with Crippen molar-refractivity contribution in [2.24, 2.45) is 11.7 Å². The van der Waals surface area contributed by atoms with Crippen LogP contribution in [0.1, 0.15) is 25.7 Å². The van der Waals surface area contributed by atoms with Gasteiger partial charge in [-0.2, -0.15) is 4.98 Å². The third-order valence-corrected chi connectivity index (χ3v) is 4.06. The Morgan fingerprint density at radius 1 is 1.50 bits per heavy atom. The van der Waals surface area contributed by atoms with Crippen molar-refractivity contribution in [3.63, 3.8) is 0 Å². The van der Waals surface area contributed by atoms with Crippen LogP contribution in [0.3, 0.4) is 0 Å². The highest BCUT2D eigenvalue weighted by molar-refractivity contribution is 14.1. The monoisotopic (exact) mass is 349 g/mol. The molecule has 0 aliphatic carbocycles. The van der Waals surface area contributed by atoms with Gasteiger partial charge in [0.2, 0.25) is 0 Å². The molecule has 0 aromatic carbocycles. The quantitative estimate of drug-likeness (QED) is 0.865. The second-order valence-electron chi connectivity index (χ2n) is 3.87. The smallest absolute Gasteiger partial charge is 0.258 e. The minimum absolute atomic E-state index is 0.171. The molecule has 2 N–H and O–H groups in total. The predicted octanol–water partition coefficient (Wildman–Crippen LogP) is 3.06. The summed E-state index contributed by atoms with van der Waals surface area (Å²) in [7, 11) is 0. The molecule has 0 amide bonds. The van der Waals surface area contributed by atoms with Crippen molar-refractivity contribution in [1.82, 2.24) is 10.1 Å². The van der Waals surface area contributed by atoms with Gasteiger partial charge in [-0.3, -0.25) is 0 Å². The summed E-state index contributed by atoms with van der Waals surface area (Å²) in [5, 5.41) is 5.91. The van der Waals surface area contributed by atoms with E-state index in [1.807, 2.05) is 25.3 Å². The molecule has 6 heteroatoms. The fourth-order valence-corrected chi connectivity index (χ4v) is 2.53. The first-order chi connectivity index (χ1) is 7.58. The molecule has 0 aliphatic rings. The van der Waals surface area contributed by atoms with E-state index in [1.165, 1.54) is 2.88 Å². The molecule has 0 saturated carbocycles. The lowest BCUT2D eigenvalue weighted by Crippen LogP contribution is -2.18. The number of hydrogen-bond donors (Lipinski definition) is 1. The van der Waals surface area contributed by atoms with Crippen LogP contribution in [0.25, 0.3) is 11.5 Å². The molecular formula is C10H12IN3OS. The Kier molecular flexibility index (Phi) is 3.60. The fourth-order valence-electron chi connectivity index (χ4n) is 1.21. The molecule has 0 aliphatic heterocycles. The van der Waals surface area contributed by atoms with Gasteiger partial charge in [0.1, 0.15) is 0 Å². The molecular weight excluding hydrogens is 337 g/mol. The summed E-state index contributed by atoms with van der Waals surface area (Å²) in [4.78, 5) is 4.32. The highest BCUT2D eigenvalue weighted by atomic mass is 127. The molecule has 1 atom stereocenters. The van der Waals surface area contributed by atoms with Crippen LogP contribution in [0.4, 0.5) is 0 Å². The van der Waals surface area contributed by atoms with E-state index in [-0.39, 0.29) is 6.04 Å². The van der Waals surface area contributed by atoms with Crippen molar-refractivity contribution in [2.45, 2.75) is 19.9 Å². The predicted molar refractivity (Wildman–Crippen MR) is 72.1 cm³/mol. The number of nitrogens with zero attached hydrogens (tertiary/aromatic N) is 2. The molecule has 16 heavy (non-hydrogen) atoms. The summed E-state index contributed by atoms with van der Waals surface area (Å²) in [5.41, 5.74) is 6.91. The van der Waals surface area contributed by atoms with E-state index < -0.39 is 0 Å². The van der Waals surface area contributed by atoms with Crippen LogP contribution in [0.2, 0.25) is 0 Å². The molecule has 2 heterocycles. The number of hydrogen-bond acceptors (Lipinski definition) is 5. The molecule has 0 bridgehead atoms. The van der Waals surface area contributed by atoms with Crippen LogP contribution < -0.4 is 5.73 Å². The molecule has 0 saturated heterocycles. The first-order valence-corrected chi connectivity index (χ1v) is 6.87. The topological polar surface area (TPSA) is 64.9 Å². The SMILES string of the molecule is CC(C)C(N)c1noc(-c2csc(I)c2)n1. The van der Waals surface area contributed by atoms with Gasteiger partial charge in [0, 0.05) is 5.38 Å². The first-order valence-electron chi connectivity index (χ1n) is 4.91. The van der Waals surface area contributed by atoms with Gasteiger partial charge in [-0.25, -0.2) is 0 Å². The average Bonchev–Trinajstić information content (AvgIpc) is 2.84. The largest absolute Gasteiger partial charge is 0.334 e. The Balaban J connectivity index is 2.26. The van der Waals surface area contributed by atoms with Crippen molar-refractivity contribution in [3.8, 4) is 11.5 Å². The zero-order valence-corrected chi connectivity index (χ0v) is 11.9. The molecule has 0 spiro atoms. The number of aromatic nitrogens is 2. The Morgan fingerprint density at radius 3 is 2.81 bits per heavy atom. The lowest BCUT2D eigenvalue weighted by Gasteiger charge is -2.09. The Hall–Kier alpha value is -0.470. The Labute approximate surface area is 111 Å². The minimum Gasteiger partial charge on any atom is -0.334 e. The Bertz CT molecular complexity index is 480. The van der Waals surface area contributed by atoms with Gasteiger partial charge in [0.25, 0.3) is 5.89 Å². The van der Waals surface area contributed by atoms with E-state index >= 15 is 0 Å². The van der Waals surface area contributed by atoms with Gasteiger partial charge in [-0.05, 0) is 34.6 Å². The van der Waals surface area contributed by atoms with Crippen LogP contribution >= 0.6 is 33.9 Å². The summed E-state index contributed by atoms with van der Waals surface area (Å²) in [6, 6.07) is 1.85. The van der Waals surface area contributed by atoms with E-state index in [9.17, 15) is 0 Å². The molecule has 2 aromatic heterocycles. The van der Waals surface area contributed by atoms with Crippen molar-refractivity contribution in [1.29, 1.82) is 0 Å². The van der Waals surface area contributed by atoms with Gasteiger partial charge in [-0.15, -0.1) is 11.3 Å². The molecule has 1 unspecified atom stereocenters. The van der Waals surface area contributed by atoms with Crippen LogP contribution in [-0.2, 0) is 0 Å². The maximum atomic E-state index is 5.95. The van der Waals surface area contributed by atoms with E-state index in [0.717, 1.165) is 5.56 Å². The molecule has 4 nitrogen and oxygen atoms in total. The average molecular weight is 349 g/mol. The van der Waals surface area contributed by atoms with Crippen LogP contribution in [0.5, 0.6) is 0 Å². The number of rotatable bonds is 3. The molecule has 0 fully saturated rings. The maximum absolute atomic E-state index is 5.95. The standard InChI is InChI=1S/C10H12IN3OS/c1-5(2)8(12)9-13-10(15-14-9)6-3-7(11)16-4-6/h3-5,8H,12H2,1-2H3. The van der Waals surface area contributed by atoms with E-state index in [0.29, 0.717) is 17.6 Å². The van der Waals surface area contributed by atoms with E-state index in [2.05, 4.69) is 32.7 Å². The van der Waals surface area contributed by atoms with Gasteiger partial charge >= 0.3 is 0 Å². The van der Waals surface area contributed by atoms with Gasteiger partial charge in [-0.1, -0.05) is 19.0 Å². The van der Waals surface area contributed by atoms with Crippen molar-refractivity contribution >= 4 is 33.9 Å². The van der Waals surface area contributed by atoms with Crippen molar-refractivity contribution in [2.75, 3.05) is 0 Å². The molecule has 2 aromatic rings. The lowest BCUT2D eigenvalue weighted by molar-refractivity contribution is 0.400. The second kappa shape index (κ2) is 4.80. The van der Waals surface area contributed by atoms with Crippen molar-refractivity contribution < 1.29 is 4.52 Å².